The maximum atomic E-state index is 13.9. The van der Waals surface area contributed by atoms with Crippen LogP contribution >= 0.6 is 0 Å². The van der Waals surface area contributed by atoms with Crippen LogP contribution in [0.3, 0.4) is 0 Å². The van der Waals surface area contributed by atoms with Crippen molar-refractivity contribution < 1.29 is 27.5 Å². The summed E-state index contributed by atoms with van der Waals surface area (Å²) < 4.78 is 46.8. The van der Waals surface area contributed by atoms with Gasteiger partial charge in [-0.2, -0.15) is 13.2 Å². The van der Waals surface area contributed by atoms with Crippen LogP contribution in [0.5, 0.6) is 5.75 Å². The van der Waals surface area contributed by atoms with Gasteiger partial charge in [-0.15, -0.1) is 0 Å². The molecule has 0 radical (unpaired) electrons. The molecule has 1 aliphatic carbocycles. The average molecular weight is 447 g/mol. The Morgan fingerprint density at radius 3 is 2.50 bits per heavy atom. The maximum Gasteiger partial charge on any atom is 0.409 e. The highest BCUT2D eigenvalue weighted by atomic mass is 19.4. The Morgan fingerprint density at radius 2 is 1.88 bits per heavy atom. The minimum absolute atomic E-state index is 0.0416. The second-order valence-corrected chi connectivity index (χ2v) is 8.06. The van der Waals surface area contributed by atoms with Crippen LogP contribution in [0.4, 0.5) is 24.5 Å². The molecule has 1 heterocycles. The quantitative estimate of drug-likeness (QED) is 0.701. The van der Waals surface area contributed by atoms with E-state index in [1.54, 1.807) is 19.2 Å². The van der Waals surface area contributed by atoms with Gasteiger partial charge in [0.1, 0.15) is 11.8 Å². The molecule has 4 rings (SSSR count). The molecule has 2 aromatic carbocycles. The van der Waals surface area contributed by atoms with E-state index in [2.05, 4.69) is 10.6 Å². The third-order valence-corrected chi connectivity index (χ3v) is 5.82. The van der Waals surface area contributed by atoms with E-state index in [9.17, 15) is 22.8 Å². The van der Waals surface area contributed by atoms with E-state index in [0.717, 1.165) is 18.4 Å². The molecule has 170 valence electrons. The lowest BCUT2D eigenvalue weighted by atomic mass is 10.0. The summed E-state index contributed by atoms with van der Waals surface area (Å²) in [5.74, 6) is -0.507. The van der Waals surface area contributed by atoms with Crippen molar-refractivity contribution >= 4 is 23.2 Å². The van der Waals surface area contributed by atoms with E-state index in [1.807, 2.05) is 24.3 Å². The van der Waals surface area contributed by atoms with Crippen LogP contribution in [-0.2, 0) is 9.59 Å². The van der Waals surface area contributed by atoms with Gasteiger partial charge in [-0.1, -0.05) is 24.3 Å². The van der Waals surface area contributed by atoms with Crippen molar-refractivity contribution in [3.8, 4) is 5.75 Å². The predicted molar refractivity (Wildman–Crippen MR) is 113 cm³/mol. The van der Waals surface area contributed by atoms with E-state index in [1.165, 1.54) is 12.1 Å². The Morgan fingerprint density at radius 1 is 1.19 bits per heavy atom. The molecule has 0 bridgehead atoms. The number of anilines is 2. The monoisotopic (exact) mass is 447 g/mol. The van der Waals surface area contributed by atoms with Crippen LogP contribution in [0.2, 0.25) is 0 Å². The molecule has 1 aliphatic heterocycles. The molecule has 2 aliphatic rings. The molecule has 0 spiro atoms. The van der Waals surface area contributed by atoms with Crippen LogP contribution in [0, 0.1) is 5.92 Å². The number of nitrogens with zero attached hydrogens (tertiary/aromatic N) is 1. The molecule has 2 amide bonds. The molecule has 0 saturated heterocycles. The largest absolute Gasteiger partial charge is 0.497 e. The molecule has 2 unspecified atom stereocenters. The lowest BCUT2D eigenvalue weighted by Gasteiger charge is -2.32. The number of carbonyl (C=O) groups is 2. The first-order valence-corrected chi connectivity index (χ1v) is 10.4. The molecule has 1 fully saturated rings. The number of halogens is 3. The van der Waals surface area contributed by atoms with Crippen molar-refractivity contribution in [3.05, 3.63) is 54.1 Å². The summed E-state index contributed by atoms with van der Waals surface area (Å²) in [5.41, 5.74) is 1.17. The van der Waals surface area contributed by atoms with Gasteiger partial charge in [-0.05, 0) is 48.6 Å². The number of rotatable bonds is 6. The number of amides is 2. The normalized spacial score (nSPS) is 19.6. The number of para-hydroxylation sites is 2. The Kier molecular flexibility index (Phi) is 6.10. The van der Waals surface area contributed by atoms with Crippen molar-refractivity contribution in [3.63, 3.8) is 0 Å². The molecule has 2 atom stereocenters. The Labute approximate surface area is 183 Å². The fourth-order valence-corrected chi connectivity index (χ4v) is 4.08. The maximum absolute atomic E-state index is 13.9. The number of hydrogen-bond acceptors (Lipinski definition) is 4. The first kappa shape index (κ1) is 22.1. The second-order valence-electron chi connectivity index (χ2n) is 8.06. The Balaban J connectivity index is 1.58. The smallest absolute Gasteiger partial charge is 0.409 e. The summed E-state index contributed by atoms with van der Waals surface area (Å²) in [4.78, 5) is 26.0. The standard InChI is InChI=1S/C23H24F3N3O3/c1-32-16-10-8-15(9-11-16)22(14-6-7-14)27-13-21(31)29-18-5-3-2-4-17(18)28-20(30)12-19(29)23(24,25)26/h2-5,8-11,14,19,22,27H,6-7,12-13H2,1H3,(H,28,30). The van der Waals surface area contributed by atoms with Gasteiger partial charge in [0.25, 0.3) is 0 Å². The number of nitrogens with one attached hydrogen (secondary N) is 2. The molecule has 2 aromatic rings. The number of methoxy groups -OCH3 is 1. The molecule has 2 N–H and O–H groups in total. The highest BCUT2D eigenvalue weighted by Crippen LogP contribution is 2.42. The molecule has 0 aromatic heterocycles. The summed E-state index contributed by atoms with van der Waals surface area (Å²) in [7, 11) is 1.57. The molecule has 6 nitrogen and oxygen atoms in total. The lowest BCUT2D eigenvalue weighted by molar-refractivity contribution is -0.157. The van der Waals surface area contributed by atoms with E-state index < -0.39 is 30.5 Å². The van der Waals surface area contributed by atoms with Crippen molar-refractivity contribution in [1.82, 2.24) is 5.32 Å². The molecule has 32 heavy (non-hydrogen) atoms. The van der Waals surface area contributed by atoms with Gasteiger partial charge < -0.3 is 15.4 Å². The van der Waals surface area contributed by atoms with Crippen LogP contribution in [-0.4, -0.2) is 37.7 Å². The van der Waals surface area contributed by atoms with E-state index >= 15 is 0 Å². The van der Waals surface area contributed by atoms with Crippen molar-refractivity contribution in [2.45, 2.75) is 37.5 Å². The number of benzene rings is 2. The zero-order chi connectivity index (χ0) is 22.9. The number of hydrogen-bond donors (Lipinski definition) is 2. The van der Waals surface area contributed by atoms with Gasteiger partial charge in [-0.25, -0.2) is 0 Å². The zero-order valence-electron chi connectivity index (χ0n) is 17.5. The van der Waals surface area contributed by atoms with Gasteiger partial charge in [0, 0.05) is 6.04 Å². The van der Waals surface area contributed by atoms with Crippen LogP contribution in [0.25, 0.3) is 0 Å². The Bertz CT molecular complexity index is 990. The molecule has 1 saturated carbocycles. The Hall–Kier alpha value is -3.07. The number of ether oxygens (including phenoxy) is 1. The minimum Gasteiger partial charge on any atom is -0.497 e. The number of fused-ring (bicyclic) bond motifs is 1. The fraction of sp³-hybridized carbons (Fsp3) is 0.391. The topological polar surface area (TPSA) is 70.7 Å². The van der Waals surface area contributed by atoms with E-state index in [-0.39, 0.29) is 24.0 Å². The lowest BCUT2D eigenvalue weighted by Crippen LogP contribution is -2.52. The van der Waals surface area contributed by atoms with Crippen molar-refractivity contribution in [2.24, 2.45) is 5.92 Å². The summed E-state index contributed by atoms with van der Waals surface area (Å²) in [6.45, 7) is -0.289. The average Bonchev–Trinajstić information content (AvgIpc) is 3.60. The van der Waals surface area contributed by atoms with Gasteiger partial charge in [-0.3, -0.25) is 14.5 Å². The summed E-state index contributed by atoms with van der Waals surface area (Å²) >= 11 is 0. The van der Waals surface area contributed by atoms with E-state index in [4.69, 9.17) is 4.74 Å². The first-order chi connectivity index (χ1) is 15.3. The van der Waals surface area contributed by atoms with E-state index in [0.29, 0.717) is 16.6 Å². The minimum atomic E-state index is -4.75. The summed E-state index contributed by atoms with van der Waals surface area (Å²) in [6, 6.07) is 11.1. The fourth-order valence-electron chi connectivity index (χ4n) is 4.08. The van der Waals surface area contributed by atoms with Crippen molar-refractivity contribution in [2.75, 3.05) is 23.9 Å². The van der Waals surface area contributed by atoms with Gasteiger partial charge >= 0.3 is 6.18 Å². The van der Waals surface area contributed by atoms with Crippen LogP contribution < -0.4 is 20.3 Å². The summed E-state index contributed by atoms with van der Waals surface area (Å²) in [5, 5.41) is 5.64. The molecular formula is C23H24F3N3O3. The van der Waals surface area contributed by atoms with Gasteiger partial charge in [0.15, 0.2) is 0 Å². The van der Waals surface area contributed by atoms with Crippen LogP contribution in [0.1, 0.15) is 30.9 Å². The summed E-state index contributed by atoms with van der Waals surface area (Å²) in [6.07, 6.45) is -3.65. The first-order valence-electron chi connectivity index (χ1n) is 10.4. The van der Waals surface area contributed by atoms with Gasteiger partial charge in [0.2, 0.25) is 11.8 Å². The third-order valence-electron chi connectivity index (χ3n) is 5.82. The van der Waals surface area contributed by atoms with Crippen LogP contribution in [0.15, 0.2) is 48.5 Å². The highest BCUT2D eigenvalue weighted by molar-refractivity contribution is 6.05. The SMILES string of the molecule is COc1ccc(C(NCC(=O)N2c3ccccc3NC(=O)CC2C(F)(F)F)C2CC2)cc1. The predicted octanol–water partition coefficient (Wildman–Crippen LogP) is 4.04. The highest BCUT2D eigenvalue weighted by Gasteiger charge is 2.49. The van der Waals surface area contributed by atoms with Gasteiger partial charge in [0.05, 0.1) is 31.5 Å². The second kappa shape index (κ2) is 8.82. The third kappa shape index (κ3) is 4.72. The molecular weight excluding hydrogens is 423 g/mol. The zero-order valence-corrected chi connectivity index (χ0v) is 17.5. The molecule has 9 heteroatoms. The number of alkyl halides is 3. The van der Waals surface area contributed by atoms with Crippen molar-refractivity contribution in [1.29, 1.82) is 0 Å². The number of carbonyl (C=O) groups excluding carboxylic acids is 2.